The molecule has 1 unspecified atom stereocenters. The van der Waals surface area contributed by atoms with Crippen molar-refractivity contribution in [3.8, 4) is 0 Å². The molecule has 2 amide bonds. The molecule has 1 fully saturated rings. The number of halogens is 2. The Morgan fingerprint density at radius 3 is 2.67 bits per heavy atom. The zero-order chi connectivity index (χ0) is 19.6. The van der Waals surface area contributed by atoms with E-state index in [9.17, 15) is 18.4 Å². The van der Waals surface area contributed by atoms with E-state index in [4.69, 9.17) is 0 Å². The third-order valence-electron chi connectivity index (χ3n) is 4.42. The van der Waals surface area contributed by atoms with Gasteiger partial charge in [-0.2, -0.15) is 0 Å². The van der Waals surface area contributed by atoms with E-state index in [0.717, 1.165) is 18.2 Å². The fourth-order valence-electron chi connectivity index (χ4n) is 3.00. The van der Waals surface area contributed by atoms with E-state index >= 15 is 0 Å². The smallest absolute Gasteiger partial charge is 0.228 e. The largest absolute Gasteiger partial charge is 0.357 e. The van der Waals surface area contributed by atoms with Gasteiger partial charge in [-0.3, -0.25) is 9.59 Å². The molecular formula is C18H19F2N5O2. The minimum absolute atomic E-state index is 0.0338. The molecule has 0 bridgehead atoms. The van der Waals surface area contributed by atoms with Crippen LogP contribution in [0.1, 0.15) is 19.0 Å². The second kappa shape index (κ2) is 7.26. The van der Waals surface area contributed by atoms with E-state index in [1.165, 1.54) is 4.90 Å². The predicted octanol–water partition coefficient (Wildman–Crippen LogP) is 1.86. The molecule has 0 saturated carbocycles. The summed E-state index contributed by atoms with van der Waals surface area (Å²) in [5.41, 5.74) is -0.304. The Balaban J connectivity index is 1.70. The van der Waals surface area contributed by atoms with Crippen molar-refractivity contribution < 1.29 is 18.4 Å². The molecule has 0 radical (unpaired) electrons. The minimum Gasteiger partial charge on any atom is -0.357 e. The molecule has 1 atom stereocenters. The summed E-state index contributed by atoms with van der Waals surface area (Å²) in [4.78, 5) is 34.4. The van der Waals surface area contributed by atoms with Gasteiger partial charge >= 0.3 is 0 Å². The Hall–Kier alpha value is -3.10. The molecule has 0 aliphatic carbocycles. The highest BCUT2D eigenvalue weighted by Gasteiger charge is 2.45. The fraction of sp³-hybridized carbons (Fsp3) is 0.333. The molecule has 3 rings (SSSR count). The maximum absolute atomic E-state index is 13.5. The molecule has 2 aromatic rings. The van der Waals surface area contributed by atoms with Gasteiger partial charge in [0.15, 0.2) is 0 Å². The Morgan fingerprint density at radius 2 is 2.00 bits per heavy atom. The lowest BCUT2D eigenvalue weighted by molar-refractivity contribution is -0.131. The summed E-state index contributed by atoms with van der Waals surface area (Å²) in [7, 11) is 1.69. The Labute approximate surface area is 154 Å². The van der Waals surface area contributed by atoms with Crippen molar-refractivity contribution >= 4 is 23.5 Å². The SMILES string of the molecule is CNc1nccc(CNC(=O)C2(C)CC(=O)N(c3cc(F)cc(F)c3)C2)n1. The summed E-state index contributed by atoms with van der Waals surface area (Å²) in [5, 5.41) is 5.57. The monoisotopic (exact) mass is 375 g/mol. The van der Waals surface area contributed by atoms with Crippen molar-refractivity contribution in [2.45, 2.75) is 19.9 Å². The molecular weight excluding hydrogens is 356 g/mol. The average molecular weight is 375 g/mol. The van der Waals surface area contributed by atoms with Crippen LogP contribution in [0.4, 0.5) is 20.4 Å². The topological polar surface area (TPSA) is 87.2 Å². The molecule has 1 aromatic carbocycles. The summed E-state index contributed by atoms with van der Waals surface area (Å²) in [6.45, 7) is 1.86. The Bertz CT molecular complexity index is 872. The van der Waals surface area contributed by atoms with Gasteiger partial charge in [-0.05, 0) is 25.1 Å². The third kappa shape index (κ3) is 4.02. The first-order valence-electron chi connectivity index (χ1n) is 8.35. The highest BCUT2D eigenvalue weighted by Crippen LogP contribution is 2.35. The normalized spacial score (nSPS) is 19.3. The number of benzene rings is 1. The number of hydrogen-bond donors (Lipinski definition) is 2. The van der Waals surface area contributed by atoms with Gasteiger partial charge in [0.2, 0.25) is 17.8 Å². The molecule has 2 N–H and O–H groups in total. The minimum atomic E-state index is -1.02. The van der Waals surface area contributed by atoms with E-state index in [-0.39, 0.29) is 37.0 Å². The van der Waals surface area contributed by atoms with E-state index in [1.807, 2.05) is 0 Å². The first kappa shape index (κ1) is 18.7. The molecule has 1 aliphatic heterocycles. The zero-order valence-corrected chi connectivity index (χ0v) is 14.9. The van der Waals surface area contributed by atoms with Crippen LogP contribution in [0.3, 0.4) is 0 Å². The summed E-state index contributed by atoms with van der Waals surface area (Å²) < 4.78 is 26.9. The van der Waals surface area contributed by atoms with Crippen molar-refractivity contribution in [2.24, 2.45) is 5.41 Å². The quantitative estimate of drug-likeness (QED) is 0.833. The highest BCUT2D eigenvalue weighted by molar-refractivity contribution is 6.02. The number of carbonyl (C=O) groups is 2. The molecule has 7 nitrogen and oxygen atoms in total. The average Bonchev–Trinajstić information content (AvgIpc) is 2.95. The lowest BCUT2D eigenvalue weighted by Crippen LogP contribution is -2.40. The molecule has 1 saturated heterocycles. The van der Waals surface area contributed by atoms with Crippen molar-refractivity contribution in [3.05, 3.63) is 47.8 Å². The second-order valence-electron chi connectivity index (χ2n) is 6.65. The Kier molecular flexibility index (Phi) is 5.02. The van der Waals surface area contributed by atoms with Gasteiger partial charge in [0.1, 0.15) is 11.6 Å². The third-order valence-corrected chi connectivity index (χ3v) is 4.42. The van der Waals surface area contributed by atoms with Crippen LogP contribution in [0.25, 0.3) is 0 Å². The lowest BCUT2D eigenvalue weighted by Gasteiger charge is -2.23. The van der Waals surface area contributed by atoms with E-state index in [0.29, 0.717) is 11.6 Å². The maximum atomic E-state index is 13.5. The molecule has 2 heterocycles. The van der Waals surface area contributed by atoms with Gasteiger partial charge in [-0.1, -0.05) is 0 Å². The molecule has 0 spiro atoms. The van der Waals surface area contributed by atoms with Crippen LogP contribution in [0.15, 0.2) is 30.5 Å². The Morgan fingerprint density at radius 1 is 1.30 bits per heavy atom. The standard InChI is InChI=1S/C18H19F2N5O2/c1-18(16(27)23-9-13-3-4-22-17(21-2)24-13)8-15(26)25(10-18)14-6-11(19)5-12(20)7-14/h3-7H,8-10H2,1-2H3,(H,23,27)(H,21,22,24). The highest BCUT2D eigenvalue weighted by atomic mass is 19.1. The summed E-state index contributed by atoms with van der Waals surface area (Å²) >= 11 is 0. The molecule has 1 aromatic heterocycles. The number of nitrogens with zero attached hydrogens (tertiary/aromatic N) is 3. The van der Waals surface area contributed by atoms with Crippen molar-refractivity contribution in [1.82, 2.24) is 15.3 Å². The van der Waals surface area contributed by atoms with Crippen LogP contribution in [0.2, 0.25) is 0 Å². The van der Waals surface area contributed by atoms with Gasteiger partial charge < -0.3 is 15.5 Å². The fourth-order valence-corrected chi connectivity index (χ4v) is 3.00. The number of amides is 2. The van der Waals surface area contributed by atoms with Gasteiger partial charge in [-0.25, -0.2) is 18.7 Å². The number of hydrogen-bond acceptors (Lipinski definition) is 5. The predicted molar refractivity (Wildman–Crippen MR) is 94.9 cm³/mol. The number of rotatable bonds is 5. The van der Waals surface area contributed by atoms with Crippen molar-refractivity contribution in [2.75, 3.05) is 23.8 Å². The number of nitrogens with one attached hydrogen (secondary N) is 2. The number of carbonyl (C=O) groups excluding carboxylic acids is 2. The van der Waals surface area contributed by atoms with Gasteiger partial charge in [-0.15, -0.1) is 0 Å². The second-order valence-corrected chi connectivity index (χ2v) is 6.65. The van der Waals surface area contributed by atoms with Crippen LogP contribution in [0.5, 0.6) is 0 Å². The van der Waals surface area contributed by atoms with Crippen LogP contribution in [-0.4, -0.2) is 35.4 Å². The van der Waals surface area contributed by atoms with Crippen molar-refractivity contribution in [3.63, 3.8) is 0 Å². The maximum Gasteiger partial charge on any atom is 0.228 e. The van der Waals surface area contributed by atoms with E-state index in [2.05, 4.69) is 20.6 Å². The van der Waals surface area contributed by atoms with E-state index < -0.39 is 17.0 Å². The zero-order valence-electron chi connectivity index (χ0n) is 14.9. The number of anilines is 2. The van der Waals surface area contributed by atoms with E-state index in [1.54, 1.807) is 26.2 Å². The van der Waals surface area contributed by atoms with Gasteiger partial charge in [0.25, 0.3) is 0 Å². The number of aromatic nitrogens is 2. The first-order valence-corrected chi connectivity index (χ1v) is 8.35. The van der Waals surface area contributed by atoms with Gasteiger partial charge in [0, 0.05) is 38.0 Å². The van der Waals surface area contributed by atoms with Crippen LogP contribution >= 0.6 is 0 Å². The van der Waals surface area contributed by atoms with Crippen LogP contribution in [-0.2, 0) is 16.1 Å². The molecule has 27 heavy (non-hydrogen) atoms. The lowest BCUT2D eigenvalue weighted by atomic mass is 9.88. The molecule has 142 valence electrons. The summed E-state index contributed by atoms with van der Waals surface area (Å²) in [5.74, 6) is -1.82. The summed E-state index contributed by atoms with van der Waals surface area (Å²) in [6, 6.07) is 4.55. The molecule has 9 heteroatoms. The van der Waals surface area contributed by atoms with Crippen molar-refractivity contribution in [1.29, 1.82) is 0 Å². The van der Waals surface area contributed by atoms with Gasteiger partial charge in [0.05, 0.1) is 17.7 Å². The molecule has 1 aliphatic rings. The first-order chi connectivity index (χ1) is 12.8. The van der Waals surface area contributed by atoms with Crippen LogP contribution < -0.4 is 15.5 Å². The van der Waals surface area contributed by atoms with Crippen LogP contribution in [0, 0.1) is 17.0 Å². The summed E-state index contributed by atoms with van der Waals surface area (Å²) in [6.07, 6.45) is 1.52.